The van der Waals surface area contributed by atoms with Gasteiger partial charge in [-0.05, 0) is 47.3 Å². The van der Waals surface area contributed by atoms with Crippen molar-refractivity contribution in [1.29, 1.82) is 0 Å². The molecule has 1 aromatic carbocycles. The van der Waals surface area contributed by atoms with Crippen LogP contribution in [0.5, 0.6) is 0 Å². The Morgan fingerprint density at radius 1 is 1.32 bits per heavy atom. The number of amides is 1. The molecule has 4 nitrogen and oxygen atoms in total. The van der Waals surface area contributed by atoms with Crippen molar-refractivity contribution in [3.63, 3.8) is 0 Å². The van der Waals surface area contributed by atoms with E-state index in [0.717, 1.165) is 0 Å². The van der Waals surface area contributed by atoms with E-state index in [9.17, 15) is 9.59 Å². The van der Waals surface area contributed by atoms with Gasteiger partial charge in [0.2, 0.25) is 5.91 Å². The van der Waals surface area contributed by atoms with Gasteiger partial charge in [0.05, 0.1) is 21.1 Å². The van der Waals surface area contributed by atoms with Gasteiger partial charge in [-0.2, -0.15) is 0 Å². The highest BCUT2D eigenvalue weighted by molar-refractivity contribution is 9.10. The summed E-state index contributed by atoms with van der Waals surface area (Å²) in [6, 6.07) is 5.21. The monoisotopic (exact) mass is 345 g/mol. The number of carboxylic acid groups (broad SMARTS) is 1. The number of carboxylic acids is 1. The minimum absolute atomic E-state index is 0.147. The van der Waals surface area contributed by atoms with Gasteiger partial charge in [0.1, 0.15) is 0 Å². The van der Waals surface area contributed by atoms with E-state index < -0.39 is 11.9 Å². The molecule has 2 unspecified atom stereocenters. The first-order valence-corrected chi connectivity index (χ1v) is 7.14. The molecule has 2 atom stereocenters. The lowest BCUT2D eigenvalue weighted by Gasteiger charge is -2.12. The molecule has 6 heteroatoms. The second-order valence-corrected chi connectivity index (χ2v) is 5.84. The van der Waals surface area contributed by atoms with Crippen LogP contribution in [0.15, 0.2) is 22.7 Å². The summed E-state index contributed by atoms with van der Waals surface area (Å²) in [4.78, 5) is 22.9. The zero-order valence-electron chi connectivity index (χ0n) is 10.0. The van der Waals surface area contributed by atoms with E-state index in [1.165, 1.54) is 0 Å². The highest BCUT2D eigenvalue weighted by Crippen LogP contribution is 2.34. The molecule has 0 bridgehead atoms. The van der Waals surface area contributed by atoms with Gasteiger partial charge in [-0.1, -0.05) is 17.7 Å². The standard InChI is InChI=1S/C13H13BrClNO3/c14-11-9(15)2-1-3-10(11)16-12(17)7-4-5-8(6-7)13(18)19/h1-3,7-8H,4-6H2,(H,16,17)(H,18,19). The van der Waals surface area contributed by atoms with Gasteiger partial charge in [-0.15, -0.1) is 0 Å². The molecule has 1 aromatic rings. The molecule has 2 rings (SSSR count). The van der Waals surface area contributed by atoms with E-state index in [1.807, 2.05) is 0 Å². The maximum atomic E-state index is 12.1. The zero-order valence-corrected chi connectivity index (χ0v) is 12.4. The van der Waals surface area contributed by atoms with Gasteiger partial charge in [0.15, 0.2) is 0 Å². The van der Waals surface area contributed by atoms with Crippen molar-refractivity contribution < 1.29 is 14.7 Å². The summed E-state index contributed by atoms with van der Waals surface area (Å²) in [7, 11) is 0. The van der Waals surface area contributed by atoms with E-state index in [4.69, 9.17) is 16.7 Å². The first-order chi connectivity index (χ1) is 8.99. The Balaban J connectivity index is 2.02. The van der Waals surface area contributed by atoms with Crippen LogP contribution in [0.3, 0.4) is 0 Å². The number of anilines is 1. The van der Waals surface area contributed by atoms with Crippen LogP contribution in [0.1, 0.15) is 19.3 Å². The topological polar surface area (TPSA) is 66.4 Å². The van der Waals surface area contributed by atoms with Crippen LogP contribution >= 0.6 is 27.5 Å². The molecule has 0 radical (unpaired) electrons. The van der Waals surface area contributed by atoms with Crippen molar-refractivity contribution in [2.75, 3.05) is 5.32 Å². The molecule has 19 heavy (non-hydrogen) atoms. The number of nitrogens with one attached hydrogen (secondary N) is 1. The van der Waals surface area contributed by atoms with E-state index >= 15 is 0 Å². The normalized spacial score (nSPS) is 22.2. The largest absolute Gasteiger partial charge is 0.481 e. The number of aliphatic carboxylic acids is 1. The van der Waals surface area contributed by atoms with Gasteiger partial charge in [0.25, 0.3) is 0 Å². The molecule has 0 saturated heterocycles. The van der Waals surface area contributed by atoms with Crippen LogP contribution in [-0.2, 0) is 9.59 Å². The molecule has 0 aliphatic heterocycles. The molecule has 1 aliphatic rings. The van der Waals surface area contributed by atoms with Crippen molar-refractivity contribution in [3.8, 4) is 0 Å². The summed E-state index contributed by atoms with van der Waals surface area (Å²) >= 11 is 9.26. The Morgan fingerprint density at radius 3 is 2.63 bits per heavy atom. The third-order valence-corrected chi connectivity index (χ3v) is 4.76. The van der Waals surface area contributed by atoms with Crippen LogP contribution in [0.4, 0.5) is 5.69 Å². The summed E-state index contributed by atoms with van der Waals surface area (Å²) in [5.74, 6) is -1.61. The smallest absolute Gasteiger partial charge is 0.306 e. The highest BCUT2D eigenvalue weighted by Gasteiger charge is 2.33. The van der Waals surface area contributed by atoms with E-state index in [1.54, 1.807) is 18.2 Å². The molecular formula is C13H13BrClNO3. The van der Waals surface area contributed by atoms with Gasteiger partial charge < -0.3 is 10.4 Å². The highest BCUT2D eigenvalue weighted by atomic mass is 79.9. The van der Waals surface area contributed by atoms with Crippen LogP contribution < -0.4 is 5.32 Å². The van der Waals surface area contributed by atoms with Gasteiger partial charge >= 0.3 is 5.97 Å². The lowest BCUT2D eigenvalue weighted by atomic mass is 10.0. The van der Waals surface area contributed by atoms with Crippen molar-refractivity contribution in [2.45, 2.75) is 19.3 Å². The minimum atomic E-state index is -0.820. The molecule has 1 saturated carbocycles. The quantitative estimate of drug-likeness (QED) is 0.879. The molecular weight excluding hydrogens is 334 g/mol. The number of benzene rings is 1. The summed E-state index contributed by atoms with van der Waals surface area (Å²) in [6.07, 6.45) is 1.57. The second kappa shape index (κ2) is 5.92. The number of carbonyl (C=O) groups is 2. The van der Waals surface area contributed by atoms with E-state index in [0.29, 0.717) is 34.4 Å². The van der Waals surface area contributed by atoms with Crippen LogP contribution in [0.2, 0.25) is 5.02 Å². The Kier molecular flexibility index (Phi) is 4.47. The fourth-order valence-electron chi connectivity index (χ4n) is 2.28. The fraction of sp³-hybridized carbons (Fsp3) is 0.385. The average molecular weight is 347 g/mol. The first kappa shape index (κ1) is 14.3. The third-order valence-electron chi connectivity index (χ3n) is 3.36. The minimum Gasteiger partial charge on any atom is -0.481 e. The molecule has 0 aromatic heterocycles. The van der Waals surface area contributed by atoms with Crippen molar-refractivity contribution in [3.05, 3.63) is 27.7 Å². The third kappa shape index (κ3) is 3.28. The summed E-state index contributed by atoms with van der Waals surface area (Å²) in [5, 5.41) is 12.2. The number of carbonyl (C=O) groups excluding carboxylic acids is 1. The fourth-order valence-corrected chi connectivity index (χ4v) is 2.82. The summed E-state index contributed by atoms with van der Waals surface area (Å²) < 4.78 is 0.637. The Labute approximate surface area is 124 Å². The van der Waals surface area contributed by atoms with Crippen molar-refractivity contribution in [2.24, 2.45) is 11.8 Å². The molecule has 102 valence electrons. The number of hydrogen-bond acceptors (Lipinski definition) is 2. The maximum absolute atomic E-state index is 12.1. The first-order valence-electron chi connectivity index (χ1n) is 5.96. The van der Waals surface area contributed by atoms with Gasteiger partial charge in [0, 0.05) is 5.92 Å². The lowest BCUT2D eigenvalue weighted by Crippen LogP contribution is -2.21. The number of rotatable bonds is 3. The molecule has 0 spiro atoms. The van der Waals surface area contributed by atoms with Gasteiger partial charge in [-0.3, -0.25) is 9.59 Å². The lowest BCUT2D eigenvalue weighted by molar-refractivity contribution is -0.141. The zero-order chi connectivity index (χ0) is 14.0. The van der Waals surface area contributed by atoms with Crippen LogP contribution in [-0.4, -0.2) is 17.0 Å². The van der Waals surface area contributed by atoms with Crippen LogP contribution in [0, 0.1) is 11.8 Å². The molecule has 1 aliphatic carbocycles. The SMILES string of the molecule is O=C(O)C1CCC(C(=O)Nc2cccc(Cl)c2Br)C1. The second-order valence-electron chi connectivity index (χ2n) is 4.64. The molecule has 2 N–H and O–H groups in total. The molecule has 1 amide bonds. The van der Waals surface area contributed by atoms with Crippen LogP contribution in [0.25, 0.3) is 0 Å². The Morgan fingerprint density at radius 2 is 2.00 bits per heavy atom. The van der Waals surface area contributed by atoms with E-state index in [-0.39, 0.29) is 11.8 Å². The predicted molar refractivity (Wildman–Crippen MR) is 76.2 cm³/mol. The Hall–Kier alpha value is -1.07. The maximum Gasteiger partial charge on any atom is 0.306 e. The predicted octanol–water partition coefficient (Wildman–Crippen LogP) is 3.54. The summed E-state index contributed by atoms with van der Waals surface area (Å²) in [6.45, 7) is 0. The molecule has 1 fully saturated rings. The average Bonchev–Trinajstić information content (AvgIpc) is 2.84. The van der Waals surface area contributed by atoms with Crippen molar-refractivity contribution >= 4 is 45.1 Å². The number of hydrogen-bond donors (Lipinski definition) is 2. The van der Waals surface area contributed by atoms with Crippen molar-refractivity contribution in [1.82, 2.24) is 0 Å². The molecule has 0 heterocycles. The van der Waals surface area contributed by atoms with Gasteiger partial charge in [-0.25, -0.2) is 0 Å². The summed E-state index contributed by atoms with van der Waals surface area (Å²) in [5.41, 5.74) is 0.608. The Bertz CT molecular complexity index is 521. The number of halogens is 2. The van der Waals surface area contributed by atoms with E-state index in [2.05, 4.69) is 21.2 Å².